The Balaban J connectivity index is 2.15. The molecule has 0 spiro atoms. The lowest BCUT2D eigenvalue weighted by atomic mass is 10.0. The summed E-state index contributed by atoms with van der Waals surface area (Å²) in [5, 5.41) is 10.7. The fourth-order valence-corrected chi connectivity index (χ4v) is 2.41. The minimum absolute atomic E-state index is 0.0529. The van der Waals surface area contributed by atoms with Gasteiger partial charge in [-0.25, -0.2) is 9.98 Å². The molecular formula is C17H26N6O. The van der Waals surface area contributed by atoms with Crippen LogP contribution in [0.5, 0.6) is 5.75 Å². The van der Waals surface area contributed by atoms with Crippen LogP contribution in [0.3, 0.4) is 0 Å². The minimum Gasteiger partial charge on any atom is -0.496 e. The molecule has 0 amide bonds. The van der Waals surface area contributed by atoms with Gasteiger partial charge in [0.1, 0.15) is 24.4 Å². The Morgan fingerprint density at radius 1 is 1.42 bits per heavy atom. The van der Waals surface area contributed by atoms with Gasteiger partial charge in [-0.2, -0.15) is 5.10 Å². The lowest BCUT2D eigenvalue weighted by molar-refractivity contribution is 0.405. The van der Waals surface area contributed by atoms with E-state index in [4.69, 9.17) is 4.74 Å². The van der Waals surface area contributed by atoms with E-state index in [9.17, 15) is 0 Å². The second-order valence-electron chi connectivity index (χ2n) is 5.61. The molecule has 24 heavy (non-hydrogen) atoms. The van der Waals surface area contributed by atoms with Crippen molar-refractivity contribution >= 4 is 5.96 Å². The third kappa shape index (κ3) is 4.47. The third-order valence-electron chi connectivity index (χ3n) is 3.73. The zero-order valence-electron chi connectivity index (χ0n) is 15.0. The van der Waals surface area contributed by atoms with Crippen LogP contribution < -0.4 is 15.4 Å². The molecule has 1 aromatic carbocycles. The zero-order chi connectivity index (χ0) is 17.5. The first-order valence-corrected chi connectivity index (χ1v) is 8.07. The summed E-state index contributed by atoms with van der Waals surface area (Å²) in [6.07, 6.45) is 1.53. The number of guanidine groups is 1. The fourth-order valence-electron chi connectivity index (χ4n) is 2.41. The predicted octanol–water partition coefficient (Wildman–Crippen LogP) is 1.95. The minimum atomic E-state index is 0.0529. The molecule has 0 aliphatic rings. The number of nitrogens with zero attached hydrogens (tertiary/aromatic N) is 4. The number of ether oxygens (including phenoxy) is 1. The van der Waals surface area contributed by atoms with Crippen LogP contribution in [0.25, 0.3) is 0 Å². The maximum atomic E-state index is 5.48. The van der Waals surface area contributed by atoms with Gasteiger partial charge in [-0.05, 0) is 26.8 Å². The second-order valence-corrected chi connectivity index (χ2v) is 5.61. The van der Waals surface area contributed by atoms with Crippen molar-refractivity contribution in [3.05, 3.63) is 41.5 Å². The molecule has 7 nitrogen and oxygen atoms in total. The van der Waals surface area contributed by atoms with Crippen LogP contribution in [-0.4, -0.2) is 34.4 Å². The van der Waals surface area contributed by atoms with Crippen LogP contribution >= 0.6 is 0 Å². The van der Waals surface area contributed by atoms with Crippen molar-refractivity contribution in [3.8, 4) is 5.75 Å². The number of aryl methyl sites for hydroxylation is 2. The lowest BCUT2D eigenvalue weighted by Gasteiger charge is -2.20. The lowest BCUT2D eigenvalue weighted by Crippen LogP contribution is -2.38. The molecule has 0 unspecified atom stereocenters. The second kappa shape index (κ2) is 8.33. The van der Waals surface area contributed by atoms with E-state index in [0.29, 0.717) is 6.54 Å². The van der Waals surface area contributed by atoms with Gasteiger partial charge in [0, 0.05) is 19.2 Å². The largest absolute Gasteiger partial charge is 0.496 e. The van der Waals surface area contributed by atoms with Crippen LogP contribution in [0.1, 0.15) is 36.8 Å². The van der Waals surface area contributed by atoms with Gasteiger partial charge < -0.3 is 15.4 Å². The third-order valence-corrected chi connectivity index (χ3v) is 3.73. The first-order chi connectivity index (χ1) is 11.5. The summed E-state index contributed by atoms with van der Waals surface area (Å²) in [6.45, 7) is 7.44. The Hall–Kier alpha value is -2.57. The summed E-state index contributed by atoms with van der Waals surface area (Å²) < 4.78 is 7.20. The van der Waals surface area contributed by atoms with Crippen molar-refractivity contribution in [2.24, 2.45) is 12.0 Å². The number of hydrogen-bond acceptors (Lipinski definition) is 4. The highest BCUT2D eigenvalue weighted by molar-refractivity contribution is 5.80. The monoisotopic (exact) mass is 330 g/mol. The van der Waals surface area contributed by atoms with E-state index in [1.165, 1.54) is 11.9 Å². The summed E-state index contributed by atoms with van der Waals surface area (Å²) >= 11 is 0. The number of aromatic nitrogens is 3. The first kappa shape index (κ1) is 17.8. The average Bonchev–Trinajstić information content (AvgIpc) is 2.97. The quantitative estimate of drug-likeness (QED) is 0.625. The molecule has 2 aromatic rings. The number of aliphatic imine (C=N–C) groups is 1. The van der Waals surface area contributed by atoms with Gasteiger partial charge >= 0.3 is 0 Å². The molecule has 0 radical (unpaired) electrons. The van der Waals surface area contributed by atoms with E-state index in [-0.39, 0.29) is 6.04 Å². The Bertz CT molecular complexity index is 694. The molecule has 0 aliphatic heterocycles. The highest BCUT2D eigenvalue weighted by Crippen LogP contribution is 2.25. The SMILES string of the molecule is CCNC(=NCc1ncnn1C)N[C@@H](C)c1cc(C)ccc1OC. The van der Waals surface area contributed by atoms with E-state index in [0.717, 1.165) is 29.6 Å². The van der Waals surface area contributed by atoms with Crippen molar-refractivity contribution in [3.63, 3.8) is 0 Å². The summed E-state index contributed by atoms with van der Waals surface area (Å²) in [7, 11) is 3.55. The van der Waals surface area contributed by atoms with Crippen LogP contribution in [0.2, 0.25) is 0 Å². The summed E-state index contributed by atoms with van der Waals surface area (Å²) in [6, 6.07) is 6.22. The molecule has 2 rings (SSSR count). The van der Waals surface area contributed by atoms with Crippen LogP contribution in [0.15, 0.2) is 29.5 Å². The molecule has 1 heterocycles. The van der Waals surface area contributed by atoms with E-state index in [1.54, 1.807) is 11.8 Å². The smallest absolute Gasteiger partial charge is 0.192 e. The molecule has 0 bridgehead atoms. The van der Waals surface area contributed by atoms with Gasteiger partial charge in [-0.15, -0.1) is 0 Å². The molecule has 1 atom stereocenters. The molecule has 7 heteroatoms. The first-order valence-electron chi connectivity index (χ1n) is 8.07. The highest BCUT2D eigenvalue weighted by Gasteiger charge is 2.13. The molecule has 0 aliphatic carbocycles. The standard InChI is InChI=1S/C17H26N6O/c1-6-18-17(19-10-16-20-11-21-23(16)4)22-13(3)14-9-12(2)7-8-15(14)24-5/h7-9,11,13H,6,10H2,1-5H3,(H2,18,19,22)/t13-/m0/s1. The number of rotatable bonds is 6. The number of methoxy groups -OCH3 is 1. The molecule has 0 fully saturated rings. The van der Waals surface area contributed by atoms with E-state index >= 15 is 0 Å². The van der Waals surface area contributed by atoms with Gasteiger partial charge in [0.25, 0.3) is 0 Å². The average molecular weight is 330 g/mol. The number of nitrogens with one attached hydrogen (secondary N) is 2. The van der Waals surface area contributed by atoms with Crippen molar-refractivity contribution in [2.45, 2.75) is 33.4 Å². The van der Waals surface area contributed by atoms with Crippen LogP contribution in [-0.2, 0) is 13.6 Å². The predicted molar refractivity (Wildman–Crippen MR) is 95.1 cm³/mol. The van der Waals surface area contributed by atoms with Crippen molar-refractivity contribution in [1.82, 2.24) is 25.4 Å². The van der Waals surface area contributed by atoms with Gasteiger partial charge in [0.05, 0.1) is 13.2 Å². The Labute approximate surface area is 143 Å². The molecule has 130 valence electrons. The summed E-state index contributed by atoms with van der Waals surface area (Å²) in [4.78, 5) is 8.78. The Morgan fingerprint density at radius 2 is 2.21 bits per heavy atom. The van der Waals surface area contributed by atoms with E-state index in [2.05, 4.69) is 45.6 Å². The highest BCUT2D eigenvalue weighted by atomic mass is 16.5. The Morgan fingerprint density at radius 3 is 2.83 bits per heavy atom. The number of benzene rings is 1. The molecule has 0 saturated carbocycles. The fraction of sp³-hybridized carbons (Fsp3) is 0.471. The topological polar surface area (TPSA) is 76.4 Å². The van der Waals surface area contributed by atoms with Crippen molar-refractivity contribution in [2.75, 3.05) is 13.7 Å². The maximum absolute atomic E-state index is 5.48. The molecule has 1 aromatic heterocycles. The number of hydrogen-bond donors (Lipinski definition) is 2. The van der Waals surface area contributed by atoms with E-state index < -0.39 is 0 Å². The normalized spacial score (nSPS) is 12.8. The molecular weight excluding hydrogens is 304 g/mol. The van der Waals surface area contributed by atoms with Crippen molar-refractivity contribution in [1.29, 1.82) is 0 Å². The van der Waals surface area contributed by atoms with Crippen molar-refractivity contribution < 1.29 is 4.74 Å². The van der Waals surface area contributed by atoms with Gasteiger partial charge in [0.2, 0.25) is 0 Å². The van der Waals surface area contributed by atoms with Gasteiger partial charge in [-0.1, -0.05) is 17.7 Å². The molecule has 2 N–H and O–H groups in total. The molecule has 0 saturated heterocycles. The van der Waals surface area contributed by atoms with E-state index in [1.807, 2.05) is 26.1 Å². The Kier molecular flexibility index (Phi) is 6.17. The van der Waals surface area contributed by atoms with Crippen LogP contribution in [0.4, 0.5) is 0 Å². The van der Waals surface area contributed by atoms with Gasteiger partial charge in [0.15, 0.2) is 5.96 Å². The zero-order valence-corrected chi connectivity index (χ0v) is 15.0. The summed E-state index contributed by atoms with van der Waals surface area (Å²) in [5.74, 6) is 2.41. The van der Waals surface area contributed by atoms with Gasteiger partial charge in [-0.3, -0.25) is 4.68 Å². The van der Waals surface area contributed by atoms with Crippen LogP contribution in [0, 0.1) is 6.92 Å². The summed E-state index contributed by atoms with van der Waals surface area (Å²) in [5.41, 5.74) is 2.29. The maximum Gasteiger partial charge on any atom is 0.192 e.